The van der Waals surface area contributed by atoms with Crippen molar-refractivity contribution in [3.63, 3.8) is 0 Å². The van der Waals surface area contributed by atoms with Gasteiger partial charge in [-0.3, -0.25) is 14.2 Å². The standard InChI is InChI=1S/C29H30F2N6O4/c30-20-3-6-22(7-4-20)37-26-24(16-34-37)28(39)36(18-33-26)17-29(40)11-13-35(14-12-29)27(38)19-1-8-23(9-2-19)41-25-10-5-21(31)15-32-25/h3-7,10,15-16,18-19,23,40H,1-2,8-9,11-14,17H2/t19-,23+. The van der Waals surface area contributed by atoms with Gasteiger partial charge >= 0.3 is 0 Å². The number of aliphatic hydroxyl groups is 1. The molecule has 1 aliphatic carbocycles. The molecule has 0 bridgehead atoms. The number of piperidine rings is 1. The Labute approximate surface area is 234 Å². The number of carbonyl (C=O) groups is 1. The number of hydrogen-bond donors (Lipinski definition) is 1. The molecular weight excluding hydrogens is 534 g/mol. The van der Waals surface area contributed by atoms with E-state index in [4.69, 9.17) is 4.74 Å². The Morgan fingerprint density at radius 3 is 2.37 bits per heavy atom. The van der Waals surface area contributed by atoms with E-state index < -0.39 is 11.4 Å². The van der Waals surface area contributed by atoms with Crippen LogP contribution < -0.4 is 10.3 Å². The number of fused-ring (bicyclic) bond motifs is 1. The first-order chi connectivity index (χ1) is 19.8. The zero-order valence-electron chi connectivity index (χ0n) is 22.3. The molecule has 0 spiro atoms. The van der Waals surface area contributed by atoms with Crippen molar-refractivity contribution in [3.8, 4) is 11.6 Å². The number of ether oxygens (including phenoxy) is 1. The molecule has 214 valence electrons. The molecule has 0 radical (unpaired) electrons. The monoisotopic (exact) mass is 564 g/mol. The van der Waals surface area contributed by atoms with Crippen LogP contribution in [0.4, 0.5) is 8.78 Å². The fourth-order valence-corrected chi connectivity index (χ4v) is 5.74. The van der Waals surface area contributed by atoms with E-state index in [1.807, 2.05) is 0 Å². The molecule has 6 rings (SSSR count). The molecule has 4 heterocycles. The number of pyridine rings is 1. The topological polar surface area (TPSA) is 115 Å². The van der Waals surface area contributed by atoms with E-state index in [0.29, 0.717) is 74.2 Å². The first-order valence-electron chi connectivity index (χ1n) is 13.8. The van der Waals surface area contributed by atoms with Crippen LogP contribution in [-0.4, -0.2) is 65.0 Å². The Bertz CT molecular complexity index is 1590. The minimum Gasteiger partial charge on any atom is -0.474 e. The zero-order chi connectivity index (χ0) is 28.6. The molecular formula is C29H30F2N6O4. The summed E-state index contributed by atoms with van der Waals surface area (Å²) in [4.78, 5) is 36.5. The van der Waals surface area contributed by atoms with Gasteiger partial charge < -0.3 is 14.7 Å². The summed E-state index contributed by atoms with van der Waals surface area (Å²) in [5.74, 6) is -0.431. The van der Waals surface area contributed by atoms with E-state index in [0.717, 1.165) is 6.20 Å². The molecule has 2 aliphatic rings. The molecule has 3 aromatic heterocycles. The molecule has 12 heteroatoms. The summed E-state index contributed by atoms with van der Waals surface area (Å²) < 4.78 is 35.1. The summed E-state index contributed by atoms with van der Waals surface area (Å²) in [6.45, 7) is 0.856. The predicted octanol–water partition coefficient (Wildman–Crippen LogP) is 3.25. The highest BCUT2D eigenvalue weighted by Crippen LogP contribution is 2.31. The molecule has 1 aliphatic heterocycles. The average Bonchev–Trinajstić information content (AvgIpc) is 3.42. The van der Waals surface area contributed by atoms with Crippen molar-refractivity contribution in [2.45, 2.75) is 56.8 Å². The van der Waals surface area contributed by atoms with Crippen LogP contribution in [0.15, 0.2) is 59.9 Å². The van der Waals surface area contributed by atoms with E-state index in [1.165, 1.54) is 46.0 Å². The van der Waals surface area contributed by atoms with E-state index in [2.05, 4.69) is 15.1 Å². The zero-order valence-corrected chi connectivity index (χ0v) is 22.3. The number of nitrogens with zero attached hydrogens (tertiary/aromatic N) is 6. The van der Waals surface area contributed by atoms with Crippen molar-refractivity contribution in [1.82, 2.24) is 29.2 Å². The maximum absolute atomic E-state index is 13.3. The highest BCUT2D eigenvalue weighted by Gasteiger charge is 2.37. The summed E-state index contributed by atoms with van der Waals surface area (Å²) in [7, 11) is 0. The van der Waals surface area contributed by atoms with Crippen LogP contribution >= 0.6 is 0 Å². The second kappa shape index (κ2) is 11.0. The Hall–Kier alpha value is -4.19. The second-order valence-electron chi connectivity index (χ2n) is 10.9. The quantitative estimate of drug-likeness (QED) is 0.382. The lowest BCUT2D eigenvalue weighted by molar-refractivity contribution is -0.141. The third kappa shape index (κ3) is 5.69. The number of hydrogen-bond acceptors (Lipinski definition) is 7. The van der Waals surface area contributed by atoms with Crippen LogP contribution in [0, 0.1) is 17.6 Å². The normalized spacial score (nSPS) is 20.7. The average molecular weight is 565 g/mol. The van der Waals surface area contributed by atoms with Crippen molar-refractivity contribution in [2.24, 2.45) is 5.92 Å². The molecule has 4 aromatic rings. The van der Waals surface area contributed by atoms with Crippen molar-refractivity contribution in [2.75, 3.05) is 13.1 Å². The molecule has 1 amide bonds. The Balaban J connectivity index is 1.04. The summed E-state index contributed by atoms with van der Waals surface area (Å²) in [5, 5.41) is 15.8. The molecule has 0 atom stereocenters. The molecule has 1 aromatic carbocycles. The fraction of sp³-hybridized carbons (Fsp3) is 0.414. The number of benzene rings is 1. The van der Waals surface area contributed by atoms with E-state index in [1.54, 1.807) is 17.0 Å². The van der Waals surface area contributed by atoms with E-state index >= 15 is 0 Å². The largest absolute Gasteiger partial charge is 0.474 e. The lowest BCUT2D eigenvalue weighted by Crippen LogP contribution is -2.51. The first-order valence-corrected chi connectivity index (χ1v) is 13.8. The van der Waals surface area contributed by atoms with E-state index in [-0.39, 0.29) is 35.9 Å². The summed E-state index contributed by atoms with van der Waals surface area (Å²) in [6, 6.07) is 8.54. The third-order valence-corrected chi connectivity index (χ3v) is 8.11. The van der Waals surface area contributed by atoms with Crippen LogP contribution in [0.2, 0.25) is 0 Å². The van der Waals surface area contributed by atoms with Gasteiger partial charge in [-0.2, -0.15) is 5.10 Å². The summed E-state index contributed by atoms with van der Waals surface area (Å²) in [5.41, 5.74) is -0.562. The molecule has 1 saturated carbocycles. The summed E-state index contributed by atoms with van der Waals surface area (Å²) >= 11 is 0. The van der Waals surface area contributed by atoms with Crippen LogP contribution in [-0.2, 0) is 11.3 Å². The van der Waals surface area contributed by atoms with Gasteiger partial charge in [0, 0.05) is 25.1 Å². The lowest BCUT2D eigenvalue weighted by atomic mass is 9.85. The number of carbonyl (C=O) groups excluding carboxylic acids is 1. The maximum atomic E-state index is 13.3. The Kier molecular flexibility index (Phi) is 7.24. The fourth-order valence-electron chi connectivity index (χ4n) is 5.74. The van der Waals surface area contributed by atoms with Gasteiger partial charge in [0.25, 0.3) is 5.56 Å². The van der Waals surface area contributed by atoms with Crippen molar-refractivity contribution in [1.29, 1.82) is 0 Å². The maximum Gasteiger partial charge on any atom is 0.264 e. The second-order valence-corrected chi connectivity index (χ2v) is 10.9. The predicted molar refractivity (Wildman–Crippen MR) is 144 cm³/mol. The third-order valence-electron chi connectivity index (χ3n) is 8.11. The van der Waals surface area contributed by atoms with E-state index in [9.17, 15) is 23.5 Å². The van der Waals surface area contributed by atoms with Gasteiger partial charge in [-0.05, 0) is 68.9 Å². The van der Waals surface area contributed by atoms with Crippen LogP contribution in [0.5, 0.6) is 5.88 Å². The molecule has 2 fully saturated rings. The SMILES string of the molecule is O=c1c2cnn(-c3ccc(F)cc3)c2ncn1CC1(O)CCN(C(=O)[C@H]2CC[C@@H](Oc3ccc(F)cn3)CC2)CC1. The number of rotatable bonds is 6. The van der Waals surface area contributed by atoms with Gasteiger partial charge in [-0.15, -0.1) is 0 Å². The molecule has 10 nitrogen and oxygen atoms in total. The van der Waals surface area contributed by atoms with Gasteiger partial charge in [0.05, 0.1) is 30.2 Å². The molecule has 1 N–H and O–H groups in total. The Morgan fingerprint density at radius 2 is 1.68 bits per heavy atom. The van der Waals surface area contributed by atoms with Crippen molar-refractivity contribution in [3.05, 3.63) is 77.1 Å². The smallest absolute Gasteiger partial charge is 0.264 e. The van der Waals surface area contributed by atoms with Gasteiger partial charge in [0.2, 0.25) is 11.8 Å². The number of aromatic nitrogens is 5. The number of amides is 1. The molecule has 1 saturated heterocycles. The minimum atomic E-state index is -1.16. The van der Waals surface area contributed by atoms with Crippen LogP contribution in [0.1, 0.15) is 38.5 Å². The van der Waals surface area contributed by atoms with Crippen molar-refractivity contribution < 1.29 is 23.4 Å². The number of likely N-dealkylation sites (tertiary alicyclic amines) is 1. The number of halogens is 2. The lowest BCUT2D eigenvalue weighted by Gasteiger charge is -2.40. The molecule has 0 unspecified atom stereocenters. The van der Waals surface area contributed by atoms with Gasteiger partial charge in [0.15, 0.2) is 5.65 Å². The van der Waals surface area contributed by atoms with Gasteiger partial charge in [-0.1, -0.05) is 0 Å². The highest BCUT2D eigenvalue weighted by molar-refractivity contribution is 5.79. The first kappa shape index (κ1) is 27.0. The minimum absolute atomic E-state index is 0.0540. The molecule has 41 heavy (non-hydrogen) atoms. The Morgan fingerprint density at radius 1 is 0.976 bits per heavy atom. The van der Waals surface area contributed by atoms with Crippen LogP contribution in [0.25, 0.3) is 16.7 Å². The van der Waals surface area contributed by atoms with Crippen LogP contribution in [0.3, 0.4) is 0 Å². The van der Waals surface area contributed by atoms with Gasteiger partial charge in [-0.25, -0.2) is 23.4 Å². The highest BCUT2D eigenvalue weighted by atomic mass is 19.1. The van der Waals surface area contributed by atoms with Crippen molar-refractivity contribution >= 4 is 16.9 Å². The van der Waals surface area contributed by atoms with Gasteiger partial charge in [0.1, 0.15) is 29.5 Å². The summed E-state index contributed by atoms with van der Waals surface area (Å²) in [6.07, 6.45) is 7.37.